The van der Waals surface area contributed by atoms with E-state index in [0.29, 0.717) is 5.92 Å². The van der Waals surface area contributed by atoms with Gasteiger partial charge in [0.1, 0.15) is 0 Å². The van der Waals surface area contributed by atoms with Crippen LogP contribution in [0.1, 0.15) is 53.2 Å². The van der Waals surface area contributed by atoms with Crippen molar-refractivity contribution < 1.29 is 0 Å². The van der Waals surface area contributed by atoms with Crippen LogP contribution in [-0.4, -0.2) is 10.7 Å². The second-order valence-corrected chi connectivity index (χ2v) is 13.5. The molecule has 2 aliphatic carbocycles. The van der Waals surface area contributed by atoms with Gasteiger partial charge in [-0.3, -0.25) is 0 Å². The summed E-state index contributed by atoms with van der Waals surface area (Å²) < 4.78 is 3.88. The number of para-hydroxylation sites is 1. The molecule has 0 spiro atoms. The van der Waals surface area contributed by atoms with E-state index in [1.807, 2.05) is 11.3 Å². The molecule has 9 rings (SSSR count). The molecule has 0 saturated carbocycles. The summed E-state index contributed by atoms with van der Waals surface area (Å²) in [5.41, 5.74) is 7.69. The maximum Gasteiger partial charge on any atom is 0.0812 e. The first-order valence-electron chi connectivity index (χ1n) is 16.2. The van der Waals surface area contributed by atoms with E-state index in [2.05, 4.69) is 143 Å². The molecule has 222 valence electrons. The quantitative estimate of drug-likeness (QED) is 0.211. The molecule has 0 radical (unpaired) electrons. The topological polar surface area (TPSA) is 43.1 Å². The molecule has 3 heterocycles. The number of aromatic nitrogens is 1. The summed E-state index contributed by atoms with van der Waals surface area (Å²) in [5.74, 6) is 0.334. The van der Waals surface area contributed by atoms with Gasteiger partial charge in [0, 0.05) is 21.3 Å². The van der Waals surface area contributed by atoms with Gasteiger partial charge in [0.15, 0.2) is 0 Å². The van der Waals surface area contributed by atoms with Gasteiger partial charge in [-0.15, -0.1) is 11.3 Å². The summed E-state index contributed by atoms with van der Waals surface area (Å²) >= 11 is 1.96. The number of aryl methyl sites for hydroxylation is 1. The molecule has 0 amide bonds. The van der Waals surface area contributed by atoms with Gasteiger partial charge in [-0.2, -0.15) is 0 Å². The van der Waals surface area contributed by atoms with Gasteiger partial charge in [0.2, 0.25) is 0 Å². The predicted molar refractivity (Wildman–Crippen MR) is 190 cm³/mol. The van der Waals surface area contributed by atoms with Crippen LogP contribution in [0.25, 0.3) is 49.0 Å². The molecule has 2 aromatic heterocycles. The van der Waals surface area contributed by atoms with Crippen molar-refractivity contribution in [2.45, 2.75) is 44.2 Å². The third-order valence-corrected chi connectivity index (χ3v) is 10.9. The minimum Gasteiger partial charge on any atom is -0.628 e. The third kappa shape index (κ3) is 4.70. The molecule has 45 heavy (non-hydrogen) atoms. The number of thiophene rings is 1. The molecule has 0 bridgehead atoms. The van der Waals surface area contributed by atoms with Crippen LogP contribution in [0.3, 0.4) is 0 Å². The Labute approximate surface area is 267 Å². The van der Waals surface area contributed by atoms with Crippen LogP contribution in [0.4, 0.5) is 0 Å². The summed E-state index contributed by atoms with van der Waals surface area (Å²) in [6.45, 7) is 0. The summed E-state index contributed by atoms with van der Waals surface area (Å²) in [6, 6.07) is 33.3. The number of nitrogens with one attached hydrogen (secondary N) is 2. The fourth-order valence-electron chi connectivity index (χ4n) is 7.44. The Morgan fingerprint density at radius 2 is 1.60 bits per heavy atom. The van der Waals surface area contributed by atoms with Crippen molar-refractivity contribution in [2.75, 3.05) is 0 Å². The normalized spacial score (nSPS) is 23.1. The minimum atomic E-state index is -0.0739. The van der Waals surface area contributed by atoms with E-state index >= 15 is 0 Å². The number of hydrogen-bond donors (Lipinski definition) is 2. The van der Waals surface area contributed by atoms with Gasteiger partial charge in [-0.1, -0.05) is 121 Å². The SMILES string of the molecule is C1=CCC(C2[N-]C(c3ccccc3)NC(c3ccc(-n4c5ccccc5c5ccc6c7c(sc6c54)C=CCCC7)cc3)N2)C=C1. The van der Waals surface area contributed by atoms with Crippen molar-refractivity contribution in [3.63, 3.8) is 0 Å². The Bertz CT molecular complexity index is 2120. The van der Waals surface area contributed by atoms with E-state index in [-0.39, 0.29) is 18.5 Å². The van der Waals surface area contributed by atoms with E-state index < -0.39 is 0 Å². The summed E-state index contributed by atoms with van der Waals surface area (Å²) in [4.78, 5) is 1.42. The van der Waals surface area contributed by atoms with Crippen LogP contribution >= 0.6 is 11.3 Å². The molecule has 1 saturated heterocycles. The van der Waals surface area contributed by atoms with E-state index in [4.69, 9.17) is 5.32 Å². The van der Waals surface area contributed by atoms with Crippen molar-refractivity contribution in [1.29, 1.82) is 0 Å². The minimum absolute atomic E-state index is 0.0179. The number of benzene rings is 4. The van der Waals surface area contributed by atoms with Gasteiger partial charge < -0.3 is 20.5 Å². The van der Waals surface area contributed by atoms with Gasteiger partial charge in [-0.25, -0.2) is 0 Å². The van der Waals surface area contributed by atoms with Crippen LogP contribution in [0.15, 0.2) is 121 Å². The molecule has 4 nitrogen and oxygen atoms in total. The highest BCUT2D eigenvalue weighted by Crippen LogP contribution is 2.43. The Balaban J connectivity index is 1.13. The van der Waals surface area contributed by atoms with E-state index in [1.54, 1.807) is 0 Å². The number of hydrogen-bond acceptors (Lipinski definition) is 3. The van der Waals surface area contributed by atoms with Crippen LogP contribution in [0.5, 0.6) is 0 Å². The van der Waals surface area contributed by atoms with E-state index in [0.717, 1.165) is 19.3 Å². The van der Waals surface area contributed by atoms with Gasteiger partial charge >= 0.3 is 0 Å². The second-order valence-electron chi connectivity index (χ2n) is 12.4. The number of fused-ring (bicyclic) bond motifs is 7. The number of nitrogens with zero attached hydrogens (tertiary/aromatic N) is 2. The maximum absolute atomic E-state index is 5.23. The predicted octanol–water partition coefficient (Wildman–Crippen LogP) is 10.1. The summed E-state index contributed by atoms with van der Waals surface area (Å²) in [6.07, 6.45) is 18.0. The highest BCUT2D eigenvalue weighted by Gasteiger charge is 2.25. The second kappa shape index (κ2) is 11.3. The molecule has 4 aromatic carbocycles. The van der Waals surface area contributed by atoms with Crippen molar-refractivity contribution in [3.8, 4) is 5.69 Å². The first-order chi connectivity index (χ1) is 22.3. The first-order valence-corrected chi connectivity index (χ1v) is 17.0. The molecule has 4 atom stereocenters. The Kier molecular flexibility index (Phi) is 6.78. The maximum atomic E-state index is 5.23. The number of rotatable bonds is 4. The Hall–Kier alpha value is -4.26. The summed E-state index contributed by atoms with van der Waals surface area (Å²) in [5, 5.41) is 16.9. The molecular formula is C40H35N4S-. The monoisotopic (exact) mass is 603 g/mol. The van der Waals surface area contributed by atoms with Crippen molar-refractivity contribution in [1.82, 2.24) is 15.2 Å². The molecule has 2 N–H and O–H groups in total. The molecular weight excluding hydrogens is 569 g/mol. The Morgan fingerprint density at radius 3 is 2.47 bits per heavy atom. The zero-order chi connectivity index (χ0) is 29.7. The molecule has 6 aromatic rings. The average Bonchev–Trinajstić information content (AvgIpc) is 3.54. The average molecular weight is 604 g/mol. The van der Waals surface area contributed by atoms with Crippen molar-refractivity contribution in [3.05, 3.63) is 148 Å². The molecule has 5 heteroatoms. The molecule has 3 aliphatic rings. The van der Waals surface area contributed by atoms with Gasteiger partial charge in [0.05, 0.1) is 21.9 Å². The van der Waals surface area contributed by atoms with Crippen LogP contribution in [0, 0.1) is 5.92 Å². The van der Waals surface area contributed by atoms with Gasteiger partial charge in [-0.05, 0) is 72.4 Å². The highest BCUT2D eigenvalue weighted by molar-refractivity contribution is 7.21. The highest BCUT2D eigenvalue weighted by atomic mass is 32.1. The fourth-order valence-corrected chi connectivity index (χ4v) is 8.76. The smallest absolute Gasteiger partial charge is 0.0812 e. The molecule has 1 fully saturated rings. The largest absolute Gasteiger partial charge is 0.628 e. The third-order valence-electron chi connectivity index (χ3n) is 9.68. The lowest BCUT2D eigenvalue weighted by molar-refractivity contribution is 0.277. The molecule has 1 aliphatic heterocycles. The van der Waals surface area contributed by atoms with E-state index in [9.17, 15) is 0 Å². The van der Waals surface area contributed by atoms with Crippen LogP contribution < -0.4 is 10.6 Å². The van der Waals surface area contributed by atoms with Gasteiger partial charge in [0.25, 0.3) is 0 Å². The van der Waals surface area contributed by atoms with Crippen molar-refractivity contribution >= 4 is 49.3 Å². The van der Waals surface area contributed by atoms with Crippen LogP contribution in [-0.2, 0) is 6.42 Å². The lowest BCUT2D eigenvalue weighted by Gasteiger charge is -2.52. The fraction of sp³-hybridized carbons (Fsp3) is 0.200. The first kappa shape index (κ1) is 27.1. The Morgan fingerprint density at radius 1 is 0.756 bits per heavy atom. The lowest BCUT2D eigenvalue weighted by atomic mass is 9.95. The van der Waals surface area contributed by atoms with Crippen molar-refractivity contribution in [2.24, 2.45) is 5.92 Å². The van der Waals surface area contributed by atoms with Crippen LogP contribution in [0.2, 0.25) is 0 Å². The summed E-state index contributed by atoms with van der Waals surface area (Å²) in [7, 11) is 0. The zero-order valence-electron chi connectivity index (χ0n) is 25.1. The lowest BCUT2D eigenvalue weighted by Crippen LogP contribution is -2.50. The van der Waals surface area contributed by atoms with E-state index in [1.165, 1.54) is 65.6 Å². The number of allylic oxidation sites excluding steroid dienone is 4. The zero-order valence-corrected chi connectivity index (χ0v) is 25.9. The molecule has 4 unspecified atom stereocenters. The standard InChI is InChI=1S/C40H35N4S/c1-4-12-26(13-5-1)38-41-39(27-14-6-2-7-15-27)43-40(42-38)28-20-22-29(23-21-28)44-34-18-11-10-16-30(34)32-24-25-33-31-17-8-3-9-19-35(31)45-37(33)36(32)44/h1-2,4-7,9-14,16,18-25,27,38-40,42-43H,3,8,15,17H2/q-1.